The molecule has 1 aliphatic rings. The summed E-state index contributed by atoms with van der Waals surface area (Å²) in [4.78, 5) is 23.6. The molecule has 0 saturated carbocycles. The molecular weight excluding hydrogens is 401 g/mol. The number of carbonyl (C=O) groups excluding carboxylic acids is 1. The summed E-state index contributed by atoms with van der Waals surface area (Å²) in [6, 6.07) is 5.79. The molecule has 2 aromatic heterocycles. The van der Waals surface area contributed by atoms with Crippen LogP contribution in [0.25, 0.3) is 11.0 Å². The average Bonchev–Trinajstić information content (AvgIpc) is 2.96. The molecule has 0 N–H and O–H groups in total. The highest BCUT2D eigenvalue weighted by Crippen LogP contribution is 2.32. The molecule has 0 radical (unpaired) electrons. The Morgan fingerprint density at radius 2 is 1.88 bits per heavy atom. The van der Waals surface area contributed by atoms with Crippen LogP contribution in [-0.4, -0.2) is 38.6 Å². The van der Waals surface area contributed by atoms with Gasteiger partial charge in [0.05, 0.1) is 5.39 Å². The summed E-state index contributed by atoms with van der Waals surface area (Å²) < 4.78 is 15.5. The lowest BCUT2D eigenvalue weighted by Gasteiger charge is -2.32. The molecule has 0 atom stereocenters. The quantitative estimate of drug-likeness (QED) is 0.611. The summed E-state index contributed by atoms with van der Waals surface area (Å²) in [6.07, 6.45) is 3.01. The molecule has 1 aliphatic heterocycles. The second-order valence-electron chi connectivity index (χ2n) is 6.44. The molecule has 0 amide bonds. The van der Waals surface area contributed by atoms with Gasteiger partial charge in [-0.05, 0) is 53.0 Å². The van der Waals surface area contributed by atoms with Gasteiger partial charge in [-0.15, -0.1) is 0 Å². The minimum Gasteiger partial charge on any atom is -0.356 e. The van der Waals surface area contributed by atoms with Crippen LogP contribution in [0, 0.1) is 11.7 Å². The third-order valence-electron chi connectivity index (χ3n) is 4.85. The highest BCUT2D eigenvalue weighted by Gasteiger charge is 2.28. The van der Waals surface area contributed by atoms with Gasteiger partial charge in [0, 0.05) is 31.6 Å². The molecule has 0 bridgehead atoms. The third-order valence-corrected chi connectivity index (χ3v) is 5.41. The molecule has 0 aliphatic carbocycles. The molecular formula is C18H17BrFN5O. The monoisotopic (exact) mass is 417 g/mol. The predicted molar refractivity (Wildman–Crippen MR) is 99.7 cm³/mol. The molecule has 1 fully saturated rings. The highest BCUT2D eigenvalue weighted by atomic mass is 79.9. The minimum atomic E-state index is -0.328. The summed E-state index contributed by atoms with van der Waals surface area (Å²) in [5.74, 6) is 0.542. The van der Waals surface area contributed by atoms with Crippen LogP contribution in [0.15, 0.2) is 35.2 Å². The summed E-state index contributed by atoms with van der Waals surface area (Å²) >= 11 is 3.48. The first-order valence-electron chi connectivity index (χ1n) is 8.42. The van der Waals surface area contributed by atoms with Gasteiger partial charge in [-0.1, -0.05) is 0 Å². The van der Waals surface area contributed by atoms with E-state index in [9.17, 15) is 9.18 Å². The zero-order chi connectivity index (χ0) is 18.3. The zero-order valence-corrected chi connectivity index (χ0v) is 15.8. The van der Waals surface area contributed by atoms with Gasteiger partial charge in [0.15, 0.2) is 11.4 Å². The van der Waals surface area contributed by atoms with Crippen molar-refractivity contribution >= 4 is 38.6 Å². The number of halogens is 2. The fourth-order valence-corrected chi connectivity index (χ4v) is 4.06. The zero-order valence-electron chi connectivity index (χ0n) is 14.2. The highest BCUT2D eigenvalue weighted by molar-refractivity contribution is 9.10. The normalized spacial score (nSPS) is 15.6. The first kappa shape index (κ1) is 17.1. The number of nitrogens with zero attached hydrogens (tertiary/aromatic N) is 5. The molecule has 0 unspecified atom stereocenters. The van der Waals surface area contributed by atoms with Gasteiger partial charge in [-0.3, -0.25) is 4.79 Å². The van der Waals surface area contributed by atoms with Crippen LogP contribution in [0.4, 0.5) is 10.2 Å². The number of benzene rings is 1. The summed E-state index contributed by atoms with van der Waals surface area (Å²) in [5, 5.41) is 5.24. The number of anilines is 1. The maximum absolute atomic E-state index is 13.1. The van der Waals surface area contributed by atoms with Crippen LogP contribution in [-0.2, 0) is 7.05 Å². The number of piperidine rings is 1. The van der Waals surface area contributed by atoms with E-state index in [1.54, 1.807) is 23.1 Å². The van der Waals surface area contributed by atoms with E-state index in [2.05, 4.69) is 35.9 Å². The SMILES string of the molecule is Cn1nc(Br)c2c(N3CCC(C(=O)c4ccc(F)cc4)CC3)ncnc21. The van der Waals surface area contributed by atoms with Crippen molar-refractivity contribution in [3.63, 3.8) is 0 Å². The molecule has 1 saturated heterocycles. The average molecular weight is 418 g/mol. The molecule has 4 rings (SSSR count). The van der Waals surface area contributed by atoms with Crippen LogP contribution in [0.2, 0.25) is 0 Å². The van der Waals surface area contributed by atoms with Crippen LogP contribution in [0.3, 0.4) is 0 Å². The molecule has 3 aromatic rings. The number of aromatic nitrogens is 4. The van der Waals surface area contributed by atoms with E-state index in [1.165, 1.54) is 12.1 Å². The molecule has 8 heteroatoms. The second kappa shape index (κ2) is 6.75. The lowest BCUT2D eigenvalue weighted by atomic mass is 9.89. The lowest BCUT2D eigenvalue weighted by Crippen LogP contribution is -2.37. The molecule has 0 spiro atoms. The van der Waals surface area contributed by atoms with E-state index in [4.69, 9.17) is 0 Å². The number of hydrogen-bond donors (Lipinski definition) is 0. The Labute approximate surface area is 158 Å². The molecule has 6 nitrogen and oxygen atoms in total. The summed E-state index contributed by atoms with van der Waals surface area (Å²) in [6.45, 7) is 1.45. The fraction of sp³-hybridized carbons (Fsp3) is 0.333. The van der Waals surface area contributed by atoms with Crippen molar-refractivity contribution in [2.45, 2.75) is 12.8 Å². The Morgan fingerprint density at radius 3 is 2.58 bits per heavy atom. The number of rotatable bonds is 3. The van der Waals surface area contributed by atoms with Gasteiger partial charge in [0.25, 0.3) is 0 Å². The number of carbonyl (C=O) groups is 1. The van der Waals surface area contributed by atoms with Gasteiger partial charge >= 0.3 is 0 Å². The minimum absolute atomic E-state index is 0.0496. The largest absolute Gasteiger partial charge is 0.356 e. The Morgan fingerprint density at radius 1 is 1.19 bits per heavy atom. The van der Waals surface area contributed by atoms with Crippen molar-refractivity contribution in [2.24, 2.45) is 13.0 Å². The Bertz CT molecular complexity index is 964. The topological polar surface area (TPSA) is 63.9 Å². The van der Waals surface area contributed by atoms with Crippen molar-refractivity contribution in [3.05, 3.63) is 46.6 Å². The van der Waals surface area contributed by atoms with E-state index in [0.29, 0.717) is 5.56 Å². The van der Waals surface area contributed by atoms with Gasteiger partial charge in [-0.25, -0.2) is 19.0 Å². The van der Waals surface area contributed by atoms with E-state index >= 15 is 0 Å². The van der Waals surface area contributed by atoms with Crippen LogP contribution >= 0.6 is 15.9 Å². The maximum Gasteiger partial charge on any atom is 0.166 e. The predicted octanol–water partition coefficient (Wildman–Crippen LogP) is 3.36. The number of hydrogen-bond acceptors (Lipinski definition) is 5. The van der Waals surface area contributed by atoms with E-state index in [0.717, 1.165) is 47.4 Å². The number of aryl methyl sites for hydroxylation is 1. The van der Waals surface area contributed by atoms with Gasteiger partial charge in [-0.2, -0.15) is 5.10 Å². The smallest absolute Gasteiger partial charge is 0.166 e. The third kappa shape index (κ3) is 2.98. The lowest BCUT2D eigenvalue weighted by molar-refractivity contribution is 0.0900. The summed E-state index contributed by atoms with van der Waals surface area (Å²) in [7, 11) is 1.84. The Hall–Kier alpha value is -2.35. The van der Waals surface area contributed by atoms with Gasteiger partial charge in [0.2, 0.25) is 0 Å². The molecule has 3 heterocycles. The Kier molecular flexibility index (Phi) is 4.44. The number of ketones is 1. The van der Waals surface area contributed by atoms with Crippen molar-refractivity contribution < 1.29 is 9.18 Å². The van der Waals surface area contributed by atoms with Crippen molar-refractivity contribution in [1.82, 2.24) is 19.7 Å². The van der Waals surface area contributed by atoms with Crippen LogP contribution in [0.1, 0.15) is 23.2 Å². The van der Waals surface area contributed by atoms with Gasteiger partial charge < -0.3 is 4.90 Å². The first-order valence-corrected chi connectivity index (χ1v) is 9.22. The van der Waals surface area contributed by atoms with Crippen molar-refractivity contribution in [3.8, 4) is 0 Å². The van der Waals surface area contributed by atoms with Crippen molar-refractivity contribution in [2.75, 3.05) is 18.0 Å². The molecule has 134 valence electrons. The van der Waals surface area contributed by atoms with E-state index < -0.39 is 0 Å². The maximum atomic E-state index is 13.1. The first-order chi connectivity index (χ1) is 12.5. The van der Waals surface area contributed by atoms with E-state index in [-0.39, 0.29) is 17.5 Å². The fourth-order valence-electron chi connectivity index (χ4n) is 3.47. The Balaban J connectivity index is 1.52. The van der Waals surface area contributed by atoms with Crippen LogP contribution in [0.5, 0.6) is 0 Å². The standard InChI is InChI=1S/C18H17BrFN5O/c1-24-17-14(16(19)23-24)18(22-10-21-17)25-8-6-12(7-9-25)15(26)11-2-4-13(20)5-3-11/h2-5,10,12H,6-9H2,1H3. The van der Waals surface area contributed by atoms with E-state index in [1.807, 2.05) is 7.05 Å². The summed E-state index contributed by atoms with van der Waals surface area (Å²) in [5.41, 5.74) is 1.34. The van der Waals surface area contributed by atoms with Crippen LogP contribution < -0.4 is 4.90 Å². The number of Topliss-reactive ketones (excluding diaryl/α,β-unsaturated/α-hetero) is 1. The molecule has 1 aromatic carbocycles. The molecule has 26 heavy (non-hydrogen) atoms. The van der Waals surface area contributed by atoms with Gasteiger partial charge in [0.1, 0.15) is 22.6 Å². The second-order valence-corrected chi connectivity index (χ2v) is 7.19. The number of fused-ring (bicyclic) bond motifs is 1. The van der Waals surface area contributed by atoms with Crippen molar-refractivity contribution in [1.29, 1.82) is 0 Å².